The van der Waals surface area contributed by atoms with Gasteiger partial charge < -0.3 is 10.1 Å². The highest BCUT2D eigenvalue weighted by Crippen LogP contribution is 2.27. The van der Waals surface area contributed by atoms with E-state index in [1.807, 2.05) is 30.3 Å². The van der Waals surface area contributed by atoms with Crippen molar-refractivity contribution in [1.82, 2.24) is 9.97 Å². The molecule has 23 heavy (non-hydrogen) atoms. The van der Waals surface area contributed by atoms with Crippen molar-refractivity contribution in [2.75, 3.05) is 25.6 Å². The van der Waals surface area contributed by atoms with Crippen LogP contribution in [-0.4, -0.2) is 30.2 Å². The second kappa shape index (κ2) is 6.94. The van der Waals surface area contributed by atoms with Gasteiger partial charge in [0.2, 0.25) is 0 Å². The lowest BCUT2D eigenvalue weighted by atomic mass is 10.1. The van der Waals surface area contributed by atoms with E-state index in [9.17, 15) is 0 Å². The number of rotatable bonds is 5. The fourth-order valence-electron chi connectivity index (χ4n) is 2.34. The number of aromatic nitrogens is 2. The fraction of sp³-hybridized carbons (Fsp3) is 0.222. The highest BCUT2D eigenvalue weighted by Gasteiger charge is 2.10. The van der Waals surface area contributed by atoms with Crippen molar-refractivity contribution < 1.29 is 4.74 Å². The molecule has 0 aliphatic heterocycles. The van der Waals surface area contributed by atoms with Gasteiger partial charge in [-0.25, -0.2) is 9.97 Å². The lowest BCUT2D eigenvalue weighted by Crippen LogP contribution is -2.10. The molecule has 0 spiro atoms. The van der Waals surface area contributed by atoms with Crippen LogP contribution in [0.4, 0.5) is 5.82 Å². The van der Waals surface area contributed by atoms with Crippen LogP contribution in [0.2, 0.25) is 5.02 Å². The normalized spacial score (nSPS) is 10.9. The molecule has 0 atom stereocenters. The molecule has 1 N–H and O–H groups in total. The van der Waals surface area contributed by atoms with E-state index < -0.39 is 0 Å². The molecule has 0 amide bonds. The highest BCUT2D eigenvalue weighted by molar-refractivity contribution is 6.31. The van der Waals surface area contributed by atoms with Crippen molar-refractivity contribution in [2.24, 2.45) is 0 Å². The number of benzene rings is 2. The van der Waals surface area contributed by atoms with Crippen molar-refractivity contribution in [3.05, 3.63) is 53.1 Å². The molecule has 3 rings (SSSR count). The minimum absolute atomic E-state index is 0.610. The molecule has 5 heteroatoms. The molecule has 0 bridgehead atoms. The maximum atomic E-state index is 6.12. The summed E-state index contributed by atoms with van der Waals surface area (Å²) >= 11 is 6.12. The zero-order chi connectivity index (χ0) is 16.2. The van der Waals surface area contributed by atoms with Crippen LogP contribution in [0, 0.1) is 6.92 Å². The Morgan fingerprint density at radius 1 is 1.09 bits per heavy atom. The summed E-state index contributed by atoms with van der Waals surface area (Å²) in [5.41, 5.74) is 3.01. The smallest absolute Gasteiger partial charge is 0.162 e. The van der Waals surface area contributed by atoms with Crippen LogP contribution in [0.25, 0.3) is 22.3 Å². The Kier molecular flexibility index (Phi) is 4.74. The van der Waals surface area contributed by atoms with Crippen molar-refractivity contribution in [3.63, 3.8) is 0 Å². The molecule has 0 saturated heterocycles. The van der Waals surface area contributed by atoms with E-state index in [4.69, 9.17) is 16.3 Å². The van der Waals surface area contributed by atoms with Crippen molar-refractivity contribution >= 4 is 28.3 Å². The van der Waals surface area contributed by atoms with Crippen LogP contribution in [0.3, 0.4) is 0 Å². The third-order valence-electron chi connectivity index (χ3n) is 3.57. The Morgan fingerprint density at radius 3 is 2.61 bits per heavy atom. The van der Waals surface area contributed by atoms with Crippen molar-refractivity contribution in [3.8, 4) is 11.4 Å². The fourth-order valence-corrected chi connectivity index (χ4v) is 2.51. The third-order valence-corrected chi connectivity index (χ3v) is 3.80. The minimum Gasteiger partial charge on any atom is -0.383 e. The number of aryl methyl sites for hydroxylation is 1. The van der Waals surface area contributed by atoms with Gasteiger partial charge in [-0.3, -0.25) is 0 Å². The van der Waals surface area contributed by atoms with Crippen LogP contribution in [-0.2, 0) is 4.74 Å². The van der Waals surface area contributed by atoms with Gasteiger partial charge in [-0.15, -0.1) is 0 Å². The summed E-state index contributed by atoms with van der Waals surface area (Å²) in [5, 5.41) is 4.92. The van der Waals surface area contributed by atoms with Crippen LogP contribution >= 0.6 is 11.6 Å². The van der Waals surface area contributed by atoms with Crippen LogP contribution in [0.5, 0.6) is 0 Å². The summed E-state index contributed by atoms with van der Waals surface area (Å²) in [6, 6.07) is 13.8. The summed E-state index contributed by atoms with van der Waals surface area (Å²) in [6.07, 6.45) is 0. The Morgan fingerprint density at radius 2 is 1.87 bits per heavy atom. The van der Waals surface area contributed by atoms with Crippen molar-refractivity contribution in [2.45, 2.75) is 6.92 Å². The van der Waals surface area contributed by atoms with Gasteiger partial charge >= 0.3 is 0 Å². The lowest BCUT2D eigenvalue weighted by Gasteiger charge is -2.11. The molecule has 4 nitrogen and oxygen atoms in total. The summed E-state index contributed by atoms with van der Waals surface area (Å²) in [7, 11) is 1.68. The van der Waals surface area contributed by atoms with E-state index in [-0.39, 0.29) is 0 Å². The summed E-state index contributed by atoms with van der Waals surface area (Å²) in [4.78, 5) is 9.34. The van der Waals surface area contributed by atoms with E-state index in [1.165, 1.54) is 5.56 Å². The number of halogens is 1. The Bertz CT molecular complexity index is 818. The van der Waals surface area contributed by atoms with Gasteiger partial charge in [-0.05, 0) is 25.1 Å². The van der Waals surface area contributed by atoms with Gasteiger partial charge in [0.15, 0.2) is 5.82 Å². The zero-order valence-corrected chi connectivity index (χ0v) is 13.9. The maximum absolute atomic E-state index is 6.12. The van der Waals surface area contributed by atoms with E-state index in [1.54, 1.807) is 7.11 Å². The number of fused-ring (bicyclic) bond motifs is 1. The molecule has 0 unspecified atom stereocenters. The third kappa shape index (κ3) is 3.60. The number of anilines is 1. The van der Waals surface area contributed by atoms with Gasteiger partial charge in [0.1, 0.15) is 5.82 Å². The molecular formula is C18H18ClN3O. The Labute approximate surface area is 140 Å². The Hall–Kier alpha value is -2.17. The number of hydrogen-bond acceptors (Lipinski definition) is 4. The van der Waals surface area contributed by atoms with Crippen LogP contribution in [0.15, 0.2) is 42.5 Å². The number of ether oxygens (including phenoxy) is 1. The molecule has 1 heterocycles. The average molecular weight is 328 g/mol. The Balaban J connectivity index is 2.09. The molecule has 0 saturated carbocycles. The van der Waals surface area contributed by atoms with E-state index in [0.717, 1.165) is 22.3 Å². The lowest BCUT2D eigenvalue weighted by molar-refractivity contribution is 0.210. The first-order valence-corrected chi connectivity index (χ1v) is 7.82. The van der Waals surface area contributed by atoms with Gasteiger partial charge in [0, 0.05) is 29.6 Å². The predicted octanol–water partition coefficient (Wildman–Crippen LogP) is 4.32. The second-order valence-corrected chi connectivity index (χ2v) is 5.78. The number of nitrogens with one attached hydrogen (secondary N) is 1. The molecule has 0 aliphatic rings. The van der Waals surface area contributed by atoms with Gasteiger partial charge in [-0.1, -0.05) is 41.4 Å². The van der Waals surface area contributed by atoms with E-state index >= 15 is 0 Å². The second-order valence-electron chi connectivity index (χ2n) is 5.34. The number of methoxy groups -OCH3 is 1. The first-order valence-electron chi connectivity index (χ1n) is 7.44. The number of hydrogen-bond donors (Lipinski definition) is 1. The minimum atomic E-state index is 0.610. The monoisotopic (exact) mass is 327 g/mol. The first kappa shape index (κ1) is 15.7. The summed E-state index contributed by atoms with van der Waals surface area (Å²) in [5.74, 6) is 1.47. The maximum Gasteiger partial charge on any atom is 0.162 e. The highest BCUT2D eigenvalue weighted by atomic mass is 35.5. The molecule has 118 valence electrons. The largest absolute Gasteiger partial charge is 0.383 e. The summed E-state index contributed by atoms with van der Waals surface area (Å²) < 4.78 is 5.10. The molecule has 0 fully saturated rings. The van der Waals surface area contributed by atoms with Crippen LogP contribution in [0.1, 0.15) is 5.56 Å². The molecule has 0 aliphatic carbocycles. The van der Waals surface area contributed by atoms with Crippen molar-refractivity contribution in [1.29, 1.82) is 0 Å². The van der Waals surface area contributed by atoms with Crippen LogP contribution < -0.4 is 5.32 Å². The van der Waals surface area contributed by atoms with Gasteiger partial charge in [0.05, 0.1) is 12.1 Å². The van der Waals surface area contributed by atoms with E-state index in [0.29, 0.717) is 24.0 Å². The van der Waals surface area contributed by atoms with Gasteiger partial charge in [0.25, 0.3) is 0 Å². The SMILES string of the molecule is COCCNc1nc(-c2ccc(C)cc2)nc2cc(Cl)ccc12. The number of nitrogens with zero attached hydrogens (tertiary/aromatic N) is 2. The molecule has 1 aromatic heterocycles. The molecule has 3 aromatic rings. The average Bonchev–Trinajstić information content (AvgIpc) is 2.55. The topological polar surface area (TPSA) is 47.0 Å². The molecule has 0 radical (unpaired) electrons. The van der Waals surface area contributed by atoms with E-state index in [2.05, 4.69) is 34.3 Å². The summed E-state index contributed by atoms with van der Waals surface area (Å²) in [6.45, 7) is 3.35. The molecular weight excluding hydrogens is 310 g/mol. The molecule has 2 aromatic carbocycles. The standard InChI is InChI=1S/C18H18ClN3O/c1-12-3-5-13(6-4-12)17-21-16-11-14(19)7-8-15(16)18(22-17)20-9-10-23-2/h3-8,11H,9-10H2,1-2H3,(H,20,21,22). The first-order chi connectivity index (χ1) is 11.2. The zero-order valence-electron chi connectivity index (χ0n) is 13.1. The quantitative estimate of drug-likeness (QED) is 0.709. The van der Waals surface area contributed by atoms with Gasteiger partial charge in [-0.2, -0.15) is 0 Å². The predicted molar refractivity (Wildman–Crippen MR) is 95.1 cm³/mol.